The summed E-state index contributed by atoms with van der Waals surface area (Å²) in [6.07, 6.45) is 1.76. The molecule has 10 atom stereocenters. The third kappa shape index (κ3) is 3.28. The second-order valence-electron chi connectivity index (χ2n) is 14.0. The average molecular weight is 547 g/mol. The molecule has 0 radical (unpaired) electrons. The molecular weight excluding hydrogens is 504 g/mol. The van der Waals surface area contributed by atoms with Gasteiger partial charge in [-0.1, -0.05) is 33.8 Å². The minimum absolute atomic E-state index is 0.144. The third-order valence-corrected chi connectivity index (χ3v) is 11.8. The van der Waals surface area contributed by atoms with E-state index in [1.807, 2.05) is 13.8 Å². The number of epoxide rings is 1. The van der Waals surface area contributed by atoms with Gasteiger partial charge in [-0.05, 0) is 61.7 Å². The van der Waals surface area contributed by atoms with E-state index in [0.29, 0.717) is 24.8 Å². The van der Waals surface area contributed by atoms with Gasteiger partial charge in [0.15, 0.2) is 5.78 Å². The molecule has 5 rings (SSSR count). The monoisotopic (exact) mass is 546 g/mol. The van der Waals surface area contributed by atoms with E-state index in [2.05, 4.69) is 0 Å². The average Bonchev–Trinajstić information content (AvgIpc) is 3.53. The highest BCUT2D eigenvalue weighted by molar-refractivity contribution is 6.02. The van der Waals surface area contributed by atoms with Crippen LogP contribution >= 0.6 is 0 Å². The van der Waals surface area contributed by atoms with E-state index in [1.54, 1.807) is 19.9 Å². The van der Waals surface area contributed by atoms with Crippen LogP contribution in [0.4, 0.5) is 0 Å². The minimum Gasteiger partial charge on any atom is -0.481 e. The summed E-state index contributed by atoms with van der Waals surface area (Å²) >= 11 is 0. The van der Waals surface area contributed by atoms with E-state index in [1.165, 1.54) is 19.9 Å². The predicted octanol–water partition coefficient (Wildman–Crippen LogP) is 1.95. The smallest absolute Gasteiger partial charge is 0.306 e. The van der Waals surface area contributed by atoms with Gasteiger partial charge in [-0.15, -0.1) is 0 Å². The van der Waals surface area contributed by atoms with Gasteiger partial charge in [0, 0.05) is 23.7 Å². The van der Waals surface area contributed by atoms with Crippen molar-refractivity contribution in [2.45, 2.75) is 103 Å². The SMILES string of the molecule is CC(CC(=O)C[C@](C)(O)C1=C[C@@H](O)[C@]2(C)[C@]1(C)C(=O)C=C1[C@@]3(CO)CC[C@H](O)C(C)(C)[C@@H]3C[C@@H]3O[C@]132)C(=O)O. The normalized spacial score (nSPS) is 45.9. The van der Waals surface area contributed by atoms with Crippen LogP contribution in [0.3, 0.4) is 0 Å². The first-order valence-corrected chi connectivity index (χ1v) is 14.0. The zero-order chi connectivity index (χ0) is 29.1. The summed E-state index contributed by atoms with van der Waals surface area (Å²) in [7, 11) is 0. The highest BCUT2D eigenvalue weighted by atomic mass is 16.6. The molecule has 3 fully saturated rings. The first-order valence-electron chi connectivity index (χ1n) is 14.0. The summed E-state index contributed by atoms with van der Waals surface area (Å²) in [5.74, 6) is -2.97. The number of carbonyl (C=O) groups is 3. The number of carboxylic acid groups (broad SMARTS) is 1. The number of fused-ring (bicyclic) bond motifs is 3. The van der Waals surface area contributed by atoms with Crippen LogP contribution < -0.4 is 0 Å². The Bertz CT molecular complexity index is 1200. The van der Waals surface area contributed by atoms with E-state index in [4.69, 9.17) is 4.74 Å². The van der Waals surface area contributed by atoms with Crippen LogP contribution in [-0.2, 0) is 19.1 Å². The first kappa shape index (κ1) is 28.6. The van der Waals surface area contributed by atoms with Crippen LogP contribution in [0.25, 0.3) is 0 Å². The molecule has 1 heterocycles. The Morgan fingerprint density at radius 1 is 1.21 bits per heavy atom. The van der Waals surface area contributed by atoms with Gasteiger partial charge in [0.2, 0.25) is 0 Å². The van der Waals surface area contributed by atoms with Crippen molar-refractivity contribution in [3.05, 3.63) is 23.3 Å². The Morgan fingerprint density at radius 3 is 2.44 bits per heavy atom. The lowest BCUT2D eigenvalue weighted by Gasteiger charge is -2.62. The molecule has 0 bridgehead atoms. The zero-order valence-corrected chi connectivity index (χ0v) is 23.7. The fraction of sp³-hybridized carbons (Fsp3) is 0.767. The number of aliphatic hydroxyl groups excluding tert-OH is 3. The topological polar surface area (TPSA) is 165 Å². The largest absolute Gasteiger partial charge is 0.481 e. The number of aliphatic hydroxyl groups is 4. The van der Waals surface area contributed by atoms with Gasteiger partial charge >= 0.3 is 5.97 Å². The number of allylic oxidation sites excluding steroid dienone is 1. The number of ketones is 2. The van der Waals surface area contributed by atoms with E-state index in [-0.39, 0.29) is 36.4 Å². The molecule has 1 spiro atoms. The zero-order valence-electron chi connectivity index (χ0n) is 23.7. The van der Waals surface area contributed by atoms with Crippen LogP contribution in [-0.4, -0.2) is 79.2 Å². The molecule has 0 aromatic carbocycles. The van der Waals surface area contributed by atoms with Gasteiger partial charge < -0.3 is 30.3 Å². The van der Waals surface area contributed by atoms with E-state index in [0.717, 1.165) is 0 Å². The number of hydrogen-bond acceptors (Lipinski definition) is 8. The number of carbonyl (C=O) groups excluding carboxylic acids is 2. The van der Waals surface area contributed by atoms with Crippen molar-refractivity contribution in [3.63, 3.8) is 0 Å². The van der Waals surface area contributed by atoms with Crippen molar-refractivity contribution in [1.82, 2.24) is 0 Å². The summed E-state index contributed by atoms with van der Waals surface area (Å²) < 4.78 is 6.52. The molecule has 0 aromatic rings. The minimum atomic E-state index is -1.81. The van der Waals surface area contributed by atoms with Crippen molar-refractivity contribution in [2.75, 3.05) is 6.61 Å². The molecule has 9 nitrogen and oxygen atoms in total. The molecule has 0 amide bonds. The van der Waals surface area contributed by atoms with Crippen molar-refractivity contribution in [2.24, 2.45) is 33.5 Å². The van der Waals surface area contributed by atoms with Crippen molar-refractivity contribution >= 4 is 17.5 Å². The van der Waals surface area contributed by atoms with Gasteiger partial charge in [-0.25, -0.2) is 0 Å². The summed E-state index contributed by atoms with van der Waals surface area (Å²) in [5, 5.41) is 54.3. The van der Waals surface area contributed by atoms with Crippen LogP contribution in [0.15, 0.2) is 23.3 Å². The molecule has 1 unspecified atom stereocenters. The molecule has 5 N–H and O–H groups in total. The second kappa shape index (κ2) is 8.32. The molecular formula is C30H42O9. The fourth-order valence-electron chi connectivity index (χ4n) is 9.24. The lowest BCUT2D eigenvalue weighted by molar-refractivity contribution is -0.151. The summed E-state index contributed by atoms with van der Waals surface area (Å²) in [5.41, 5.74) is -5.94. The van der Waals surface area contributed by atoms with Crippen molar-refractivity contribution in [3.8, 4) is 0 Å². The number of rotatable bonds is 7. The molecule has 216 valence electrons. The van der Waals surface area contributed by atoms with Crippen LogP contribution in [0.2, 0.25) is 0 Å². The maximum atomic E-state index is 14.2. The molecule has 9 heteroatoms. The number of hydrogen-bond donors (Lipinski definition) is 5. The lowest BCUT2D eigenvalue weighted by Crippen LogP contribution is -2.67. The summed E-state index contributed by atoms with van der Waals surface area (Å²) in [6, 6.07) is 0. The maximum Gasteiger partial charge on any atom is 0.306 e. The Kier molecular flexibility index (Phi) is 6.10. The summed E-state index contributed by atoms with van der Waals surface area (Å²) in [4.78, 5) is 38.3. The summed E-state index contributed by atoms with van der Waals surface area (Å²) in [6.45, 7) is 10.1. The predicted molar refractivity (Wildman–Crippen MR) is 139 cm³/mol. The molecule has 0 aromatic heterocycles. The molecule has 39 heavy (non-hydrogen) atoms. The molecule has 5 aliphatic rings. The molecule has 2 saturated carbocycles. The number of ether oxygens (including phenoxy) is 1. The Balaban J connectivity index is 1.59. The van der Waals surface area contributed by atoms with Gasteiger partial charge in [-0.3, -0.25) is 14.4 Å². The number of aliphatic carboxylic acids is 1. The lowest BCUT2D eigenvalue weighted by atomic mass is 9.40. The molecule has 1 aliphatic heterocycles. The Morgan fingerprint density at radius 2 is 1.85 bits per heavy atom. The van der Waals surface area contributed by atoms with E-state index < -0.39 is 69.2 Å². The van der Waals surface area contributed by atoms with Gasteiger partial charge in [0.05, 0.1) is 41.9 Å². The Labute approximate surface area is 228 Å². The third-order valence-electron chi connectivity index (χ3n) is 11.8. The van der Waals surface area contributed by atoms with Gasteiger partial charge in [-0.2, -0.15) is 0 Å². The van der Waals surface area contributed by atoms with Crippen LogP contribution in [0.5, 0.6) is 0 Å². The second-order valence-corrected chi connectivity index (χ2v) is 14.0. The van der Waals surface area contributed by atoms with Crippen LogP contribution in [0, 0.1) is 33.5 Å². The maximum absolute atomic E-state index is 14.2. The Hall–Kier alpha value is -1.91. The fourth-order valence-corrected chi connectivity index (χ4v) is 9.24. The number of Topliss-reactive ketones (excluding diaryl/α,β-unsaturated/α-hetero) is 1. The van der Waals surface area contributed by atoms with Gasteiger partial charge in [0.1, 0.15) is 11.4 Å². The quantitative estimate of drug-likeness (QED) is 0.237. The molecule has 4 aliphatic carbocycles. The van der Waals surface area contributed by atoms with Crippen molar-refractivity contribution in [1.29, 1.82) is 0 Å². The van der Waals surface area contributed by atoms with Crippen molar-refractivity contribution < 1.29 is 44.7 Å². The van der Waals surface area contributed by atoms with Gasteiger partial charge in [0.25, 0.3) is 0 Å². The first-order chi connectivity index (χ1) is 17.9. The van der Waals surface area contributed by atoms with E-state index in [9.17, 15) is 39.9 Å². The number of carboxylic acids is 1. The standard InChI is InChI=1S/C30H42O9/c1-15(24(36)37)9-16(32)13-26(4,38)18-10-22(35)28(6)27(18,5)21(34)11-19-29(14-31)8-7-20(33)25(2,3)17(29)12-23-30(19,28)39-23/h10-11,15,17,20,22-23,31,33,35,38H,7-9,12-14H2,1-6H3,(H,36,37)/t15?,17-,20-,22+,23-,26-,27-,28+,29+,30+/m0/s1. The highest BCUT2D eigenvalue weighted by Crippen LogP contribution is 2.79. The van der Waals surface area contributed by atoms with E-state index >= 15 is 0 Å². The molecule has 1 saturated heterocycles. The highest BCUT2D eigenvalue weighted by Gasteiger charge is 2.85. The van der Waals surface area contributed by atoms with Crippen LogP contribution in [0.1, 0.15) is 73.6 Å².